The van der Waals surface area contributed by atoms with Crippen molar-refractivity contribution in [2.75, 3.05) is 20.9 Å². The van der Waals surface area contributed by atoms with Gasteiger partial charge in [-0.1, -0.05) is 30.3 Å². The molecule has 2 aromatic rings. The SMILES string of the molecule is CN(C)Cc1ccc(CNC(=O)/C=C/c2ccc3c(c2)OCO3)cc1. The number of rotatable bonds is 6. The van der Waals surface area contributed by atoms with E-state index in [0.29, 0.717) is 12.3 Å². The molecule has 0 unspecified atom stereocenters. The summed E-state index contributed by atoms with van der Waals surface area (Å²) >= 11 is 0. The topological polar surface area (TPSA) is 50.8 Å². The van der Waals surface area contributed by atoms with E-state index in [1.54, 1.807) is 6.08 Å². The summed E-state index contributed by atoms with van der Waals surface area (Å²) in [6, 6.07) is 13.8. The highest BCUT2D eigenvalue weighted by atomic mass is 16.7. The molecular weight excluding hydrogens is 316 g/mol. The van der Waals surface area contributed by atoms with Crippen LogP contribution in [0.5, 0.6) is 11.5 Å². The van der Waals surface area contributed by atoms with Gasteiger partial charge in [0.1, 0.15) is 0 Å². The van der Waals surface area contributed by atoms with Crippen molar-refractivity contribution in [2.45, 2.75) is 13.1 Å². The number of amides is 1. The number of nitrogens with one attached hydrogen (secondary N) is 1. The van der Waals surface area contributed by atoms with Gasteiger partial charge in [0.25, 0.3) is 0 Å². The van der Waals surface area contributed by atoms with Crippen LogP contribution in [0.25, 0.3) is 6.08 Å². The van der Waals surface area contributed by atoms with Gasteiger partial charge in [0.2, 0.25) is 12.7 Å². The van der Waals surface area contributed by atoms with Gasteiger partial charge in [-0.25, -0.2) is 0 Å². The first kappa shape index (κ1) is 17.0. The Kier molecular flexibility index (Phi) is 5.36. The van der Waals surface area contributed by atoms with Crippen LogP contribution < -0.4 is 14.8 Å². The minimum absolute atomic E-state index is 0.130. The molecule has 0 fully saturated rings. The Balaban J connectivity index is 1.50. The lowest BCUT2D eigenvalue weighted by Gasteiger charge is -2.10. The summed E-state index contributed by atoms with van der Waals surface area (Å²) in [6.45, 7) is 1.66. The molecule has 0 aliphatic carbocycles. The Morgan fingerprint density at radius 1 is 1.08 bits per heavy atom. The molecule has 0 bridgehead atoms. The molecule has 0 saturated carbocycles. The van der Waals surface area contributed by atoms with Crippen LogP contribution in [-0.2, 0) is 17.9 Å². The number of hydrogen-bond acceptors (Lipinski definition) is 4. The van der Waals surface area contributed by atoms with E-state index in [4.69, 9.17) is 9.47 Å². The third-order valence-corrected chi connectivity index (χ3v) is 3.81. The fourth-order valence-electron chi connectivity index (χ4n) is 2.56. The molecule has 25 heavy (non-hydrogen) atoms. The van der Waals surface area contributed by atoms with Crippen LogP contribution in [0.15, 0.2) is 48.5 Å². The van der Waals surface area contributed by atoms with E-state index < -0.39 is 0 Å². The highest BCUT2D eigenvalue weighted by Crippen LogP contribution is 2.32. The van der Waals surface area contributed by atoms with Gasteiger partial charge in [0, 0.05) is 19.2 Å². The Hall–Kier alpha value is -2.79. The highest BCUT2D eigenvalue weighted by molar-refractivity contribution is 5.91. The van der Waals surface area contributed by atoms with Gasteiger partial charge in [-0.3, -0.25) is 4.79 Å². The molecule has 1 aliphatic rings. The number of ether oxygens (including phenoxy) is 2. The maximum atomic E-state index is 12.0. The second kappa shape index (κ2) is 7.85. The first-order valence-electron chi connectivity index (χ1n) is 8.18. The van der Waals surface area contributed by atoms with Crippen molar-refractivity contribution in [1.29, 1.82) is 0 Å². The van der Waals surface area contributed by atoms with Gasteiger partial charge in [0.15, 0.2) is 11.5 Å². The molecule has 1 N–H and O–H groups in total. The summed E-state index contributed by atoms with van der Waals surface area (Å²) in [7, 11) is 4.08. The van der Waals surface area contributed by atoms with Crippen LogP contribution in [-0.4, -0.2) is 31.7 Å². The number of benzene rings is 2. The smallest absolute Gasteiger partial charge is 0.244 e. The first-order chi connectivity index (χ1) is 12.1. The third kappa shape index (κ3) is 4.84. The largest absolute Gasteiger partial charge is 0.454 e. The highest BCUT2D eigenvalue weighted by Gasteiger charge is 2.12. The van der Waals surface area contributed by atoms with Gasteiger partial charge in [-0.2, -0.15) is 0 Å². The molecule has 1 amide bonds. The molecule has 0 atom stereocenters. The minimum atomic E-state index is -0.130. The van der Waals surface area contributed by atoms with Crippen molar-refractivity contribution >= 4 is 12.0 Å². The van der Waals surface area contributed by atoms with Crippen LogP contribution >= 0.6 is 0 Å². The maximum absolute atomic E-state index is 12.0. The fraction of sp³-hybridized carbons (Fsp3) is 0.250. The molecule has 0 radical (unpaired) electrons. The van der Waals surface area contributed by atoms with Gasteiger partial charge in [-0.15, -0.1) is 0 Å². The van der Waals surface area contributed by atoms with Crippen molar-refractivity contribution in [1.82, 2.24) is 10.2 Å². The van der Waals surface area contributed by atoms with Crippen molar-refractivity contribution in [2.24, 2.45) is 0 Å². The number of fused-ring (bicyclic) bond motifs is 1. The zero-order chi connectivity index (χ0) is 17.6. The van der Waals surface area contributed by atoms with Crippen LogP contribution in [0, 0.1) is 0 Å². The summed E-state index contributed by atoms with van der Waals surface area (Å²) < 4.78 is 10.6. The normalized spacial score (nSPS) is 12.8. The first-order valence-corrected chi connectivity index (χ1v) is 8.18. The fourth-order valence-corrected chi connectivity index (χ4v) is 2.56. The standard InChI is InChI=1S/C20H22N2O3/c1-22(2)13-17-5-3-16(4-6-17)12-21-20(23)10-8-15-7-9-18-19(11-15)25-14-24-18/h3-11H,12-14H2,1-2H3,(H,21,23)/b10-8+. The second-order valence-electron chi connectivity index (χ2n) is 6.22. The number of carbonyl (C=O) groups excluding carboxylic acids is 1. The Bertz CT molecular complexity index is 767. The lowest BCUT2D eigenvalue weighted by molar-refractivity contribution is -0.116. The number of carbonyl (C=O) groups is 1. The van der Waals surface area contributed by atoms with E-state index >= 15 is 0 Å². The molecule has 130 valence electrons. The van der Waals surface area contributed by atoms with Gasteiger partial charge in [0.05, 0.1) is 0 Å². The Morgan fingerprint density at radius 2 is 1.80 bits per heavy atom. The van der Waals surface area contributed by atoms with Crippen LogP contribution in [0.1, 0.15) is 16.7 Å². The molecule has 0 aromatic heterocycles. The molecule has 0 spiro atoms. The van der Waals surface area contributed by atoms with E-state index in [1.165, 1.54) is 11.6 Å². The van der Waals surface area contributed by atoms with Crippen LogP contribution in [0.4, 0.5) is 0 Å². The summed E-state index contributed by atoms with van der Waals surface area (Å²) in [5.74, 6) is 1.31. The molecule has 1 aliphatic heterocycles. The average molecular weight is 338 g/mol. The predicted molar refractivity (Wildman–Crippen MR) is 97.3 cm³/mol. The third-order valence-electron chi connectivity index (χ3n) is 3.81. The summed E-state index contributed by atoms with van der Waals surface area (Å²) in [6.07, 6.45) is 3.29. The van der Waals surface area contributed by atoms with Crippen LogP contribution in [0.2, 0.25) is 0 Å². The summed E-state index contributed by atoms with van der Waals surface area (Å²) in [5, 5.41) is 2.89. The molecule has 3 rings (SSSR count). The second-order valence-corrected chi connectivity index (χ2v) is 6.22. The monoisotopic (exact) mass is 338 g/mol. The summed E-state index contributed by atoms with van der Waals surface area (Å²) in [5.41, 5.74) is 3.22. The Morgan fingerprint density at radius 3 is 2.56 bits per heavy atom. The Labute approximate surface area is 147 Å². The van der Waals surface area contributed by atoms with Crippen molar-refractivity contribution in [3.63, 3.8) is 0 Å². The van der Waals surface area contributed by atoms with E-state index in [-0.39, 0.29) is 12.7 Å². The van der Waals surface area contributed by atoms with Gasteiger partial charge >= 0.3 is 0 Å². The number of hydrogen-bond donors (Lipinski definition) is 1. The molecular formula is C20H22N2O3. The molecule has 1 heterocycles. The maximum Gasteiger partial charge on any atom is 0.244 e. The predicted octanol–water partition coefficient (Wildman–Crippen LogP) is 2.81. The molecule has 0 saturated heterocycles. The van der Waals surface area contributed by atoms with E-state index in [9.17, 15) is 4.79 Å². The van der Waals surface area contributed by atoms with E-state index in [1.807, 2.05) is 44.4 Å². The quantitative estimate of drug-likeness (QED) is 0.823. The van der Waals surface area contributed by atoms with Crippen molar-refractivity contribution < 1.29 is 14.3 Å². The zero-order valence-electron chi connectivity index (χ0n) is 14.5. The molecule has 5 heteroatoms. The van der Waals surface area contributed by atoms with Crippen LogP contribution in [0.3, 0.4) is 0 Å². The van der Waals surface area contributed by atoms with E-state index in [0.717, 1.165) is 23.4 Å². The van der Waals surface area contributed by atoms with Gasteiger partial charge in [-0.05, 0) is 49.0 Å². The zero-order valence-corrected chi connectivity index (χ0v) is 14.5. The van der Waals surface area contributed by atoms with E-state index in [2.05, 4.69) is 22.3 Å². The van der Waals surface area contributed by atoms with Crippen molar-refractivity contribution in [3.8, 4) is 11.5 Å². The van der Waals surface area contributed by atoms with Gasteiger partial charge < -0.3 is 19.7 Å². The lowest BCUT2D eigenvalue weighted by Crippen LogP contribution is -2.20. The molecule has 5 nitrogen and oxygen atoms in total. The van der Waals surface area contributed by atoms with Crippen molar-refractivity contribution in [3.05, 3.63) is 65.2 Å². The molecule has 2 aromatic carbocycles. The minimum Gasteiger partial charge on any atom is -0.454 e. The lowest BCUT2D eigenvalue weighted by atomic mass is 10.1. The average Bonchev–Trinajstić information content (AvgIpc) is 3.06. The summed E-state index contributed by atoms with van der Waals surface area (Å²) in [4.78, 5) is 14.1. The number of nitrogens with zero attached hydrogens (tertiary/aromatic N) is 1.